The van der Waals surface area contributed by atoms with Crippen LogP contribution in [0, 0.1) is 13.8 Å². The summed E-state index contributed by atoms with van der Waals surface area (Å²) < 4.78 is 6.12. The van der Waals surface area contributed by atoms with Crippen molar-refractivity contribution in [3.63, 3.8) is 0 Å². The molecule has 1 amide bonds. The highest BCUT2D eigenvalue weighted by Gasteiger charge is 2.33. The van der Waals surface area contributed by atoms with Crippen LogP contribution in [0.15, 0.2) is 34.7 Å². The van der Waals surface area contributed by atoms with Gasteiger partial charge in [-0.2, -0.15) is 0 Å². The standard InChI is InChI=1S/C19H17ClN2O2S2/c1-4-17(23)22-8-14(13-7-16(20)26-15(13)9-22)12-5-6-25-19(12)18-10(2)21-24-11(18)3/h4-7,14H,1,8-9H2,2-3H3/t14-/m1/s1. The van der Waals surface area contributed by atoms with E-state index >= 15 is 0 Å². The molecule has 0 radical (unpaired) electrons. The van der Waals surface area contributed by atoms with Gasteiger partial charge in [-0.05, 0) is 48.6 Å². The topological polar surface area (TPSA) is 46.3 Å². The minimum Gasteiger partial charge on any atom is -0.361 e. The molecule has 1 aliphatic heterocycles. The average Bonchev–Trinajstić information content (AvgIpc) is 3.31. The second kappa shape index (κ2) is 6.68. The molecule has 0 N–H and O–H groups in total. The third-order valence-corrected chi connectivity index (χ3v) is 6.95. The number of carbonyl (C=O) groups is 1. The second-order valence-corrected chi connectivity index (χ2v) is 8.99. The van der Waals surface area contributed by atoms with Crippen molar-refractivity contribution in [2.45, 2.75) is 26.3 Å². The SMILES string of the molecule is C=CC(=O)N1Cc2sc(Cl)cc2[C@@H](c2ccsc2-c2c(C)noc2C)C1. The molecule has 0 bridgehead atoms. The Morgan fingerprint density at radius 1 is 1.46 bits per heavy atom. The predicted molar refractivity (Wildman–Crippen MR) is 106 cm³/mol. The van der Waals surface area contributed by atoms with E-state index in [2.05, 4.69) is 23.2 Å². The largest absolute Gasteiger partial charge is 0.361 e. The number of hydrogen-bond acceptors (Lipinski definition) is 5. The van der Waals surface area contributed by atoms with Gasteiger partial charge >= 0.3 is 0 Å². The highest BCUT2D eigenvalue weighted by atomic mass is 35.5. The van der Waals surface area contributed by atoms with E-state index in [1.165, 1.54) is 17.2 Å². The molecule has 1 aliphatic rings. The zero-order valence-electron chi connectivity index (χ0n) is 14.4. The lowest BCUT2D eigenvalue weighted by Crippen LogP contribution is -2.36. The lowest BCUT2D eigenvalue weighted by atomic mass is 9.87. The van der Waals surface area contributed by atoms with Crippen molar-refractivity contribution in [1.82, 2.24) is 10.1 Å². The third-order valence-electron chi connectivity index (χ3n) is 4.74. The van der Waals surface area contributed by atoms with Crippen LogP contribution in [0.2, 0.25) is 4.34 Å². The van der Waals surface area contributed by atoms with Gasteiger partial charge in [0.05, 0.1) is 22.1 Å². The smallest absolute Gasteiger partial charge is 0.246 e. The van der Waals surface area contributed by atoms with E-state index < -0.39 is 0 Å². The van der Waals surface area contributed by atoms with E-state index in [9.17, 15) is 4.79 Å². The van der Waals surface area contributed by atoms with Crippen molar-refractivity contribution in [1.29, 1.82) is 0 Å². The Morgan fingerprint density at radius 2 is 2.27 bits per heavy atom. The molecular formula is C19H17ClN2O2S2. The van der Waals surface area contributed by atoms with Gasteiger partial charge in [0, 0.05) is 22.2 Å². The van der Waals surface area contributed by atoms with Crippen molar-refractivity contribution >= 4 is 40.2 Å². The number of aryl methyl sites for hydroxylation is 2. The van der Waals surface area contributed by atoms with Crippen LogP contribution in [0.25, 0.3) is 10.4 Å². The molecule has 7 heteroatoms. The number of amides is 1. The normalized spacial score (nSPS) is 16.6. The number of halogens is 1. The van der Waals surface area contributed by atoms with E-state index in [0.717, 1.165) is 31.1 Å². The highest BCUT2D eigenvalue weighted by molar-refractivity contribution is 7.16. The zero-order chi connectivity index (χ0) is 18.4. The lowest BCUT2D eigenvalue weighted by molar-refractivity contribution is -0.127. The molecule has 0 aromatic carbocycles. The Kier molecular flexibility index (Phi) is 4.50. The van der Waals surface area contributed by atoms with Crippen LogP contribution in [-0.4, -0.2) is 22.5 Å². The summed E-state index contributed by atoms with van der Waals surface area (Å²) in [5.41, 5.74) is 4.32. The molecule has 0 saturated heterocycles. The molecule has 3 aromatic heterocycles. The average molecular weight is 405 g/mol. The number of fused-ring (bicyclic) bond motifs is 1. The van der Waals surface area contributed by atoms with Crippen LogP contribution in [0.1, 0.15) is 33.4 Å². The molecule has 1 atom stereocenters. The van der Waals surface area contributed by atoms with Gasteiger partial charge in [-0.3, -0.25) is 4.79 Å². The van der Waals surface area contributed by atoms with Crippen LogP contribution in [0.3, 0.4) is 0 Å². The molecule has 4 rings (SSSR count). The summed E-state index contributed by atoms with van der Waals surface area (Å²) in [6.45, 7) is 8.71. The van der Waals surface area contributed by atoms with E-state index in [0.29, 0.717) is 13.1 Å². The Morgan fingerprint density at radius 3 is 2.96 bits per heavy atom. The molecule has 3 aromatic rings. The molecule has 0 aliphatic carbocycles. The van der Waals surface area contributed by atoms with Gasteiger partial charge in [-0.1, -0.05) is 23.3 Å². The summed E-state index contributed by atoms with van der Waals surface area (Å²) in [5.74, 6) is 0.824. The van der Waals surface area contributed by atoms with Gasteiger partial charge in [0.25, 0.3) is 0 Å². The van der Waals surface area contributed by atoms with Gasteiger partial charge < -0.3 is 9.42 Å². The first kappa shape index (κ1) is 17.5. The molecular weight excluding hydrogens is 388 g/mol. The van der Waals surface area contributed by atoms with Crippen LogP contribution in [0.5, 0.6) is 0 Å². The number of hydrogen-bond donors (Lipinski definition) is 0. The molecule has 134 valence electrons. The lowest BCUT2D eigenvalue weighted by Gasteiger charge is -2.32. The number of aromatic nitrogens is 1. The van der Waals surface area contributed by atoms with Crippen molar-refractivity contribution in [2.24, 2.45) is 0 Å². The fourth-order valence-corrected chi connectivity index (χ4v) is 6.01. The van der Waals surface area contributed by atoms with Gasteiger partial charge in [0.2, 0.25) is 5.91 Å². The van der Waals surface area contributed by atoms with Crippen LogP contribution < -0.4 is 0 Å². The van der Waals surface area contributed by atoms with Crippen molar-refractivity contribution in [3.05, 3.63) is 62.0 Å². The van der Waals surface area contributed by atoms with Crippen LogP contribution in [0.4, 0.5) is 0 Å². The maximum absolute atomic E-state index is 12.3. The van der Waals surface area contributed by atoms with Crippen LogP contribution >= 0.6 is 34.3 Å². The van der Waals surface area contributed by atoms with Crippen LogP contribution in [-0.2, 0) is 11.3 Å². The molecule has 4 nitrogen and oxygen atoms in total. The molecule has 0 saturated carbocycles. The van der Waals surface area contributed by atoms with E-state index in [4.69, 9.17) is 16.1 Å². The summed E-state index contributed by atoms with van der Waals surface area (Å²) in [6.07, 6.45) is 1.38. The van der Waals surface area contributed by atoms with Gasteiger partial charge in [-0.15, -0.1) is 22.7 Å². The van der Waals surface area contributed by atoms with Gasteiger partial charge in [-0.25, -0.2) is 0 Å². The summed E-state index contributed by atoms with van der Waals surface area (Å²) in [4.78, 5) is 16.4. The first-order valence-corrected chi connectivity index (χ1v) is 10.3. The molecule has 0 spiro atoms. The number of thiophene rings is 2. The monoisotopic (exact) mass is 404 g/mol. The first-order chi connectivity index (χ1) is 12.5. The third kappa shape index (κ3) is 2.82. The van der Waals surface area contributed by atoms with E-state index in [1.54, 1.807) is 22.7 Å². The highest BCUT2D eigenvalue weighted by Crippen LogP contribution is 2.45. The molecule has 4 heterocycles. The van der Waals surface area contributed by atoms with E-state index in [1.807, 2.05) is 24.8 Å². The summed E-state index contributed by atoms with van der Waals surface area (Å²) >= 11 is 9.52. The van der Waals surface area contributed by atoms with E-state index in [-0.39, 0.29) is 11.8 Å². The summed E-state index contributed by atoms with van der Waals surface area (Å²) in [7, 11) is 0. The quantitative estimate of drug-likeness (QED) is 0.549. The minimum absolute atomic E-state index is 0.0562. The fourth-order valence-electron chi connectivity index (χ4n) is 3.55. The maximum Gasteiger partial charge on any atom is 0.246 e. The Labute approximate surface area is 164 Å². The number of rotatable bonds is 3. The fraction of sp³-hybridized carbons (Fsp3) is 0.263. The molecule has 26 heavy (non-hydrogen) atoms. The first-order valence-electron chi connectivity index (χ1n) is 8.19. The molecule has 0 fully saturated rings. The predicted octanol–water partition coefficient (Wildman–Crippen LogP) is 5.39. The number of carbonyl (C=O) groups excluding carboxylic acids is 1. The van der Waals surface area contributed by atoms with Gasteiger partial charge in [0.1, 0.15) is 5.76 Å². The molecule has 0 unspecified atom stereocenters. The van der Waals surface area contributed by atoms with Crippen molar-refractivity contribution in [3.8, 4) is 10.4 Å². The Bertz CT molecular complexity index is 982. The summed E-state index contributed by atoms with van der Waals surface area (Å²) in [5, 5.41) is 6.18. The zero-order valence-corrected chi connectivity index (χ0v) is 16.8. The van der Waals surface area contributed by atoms with Crippen molar-refractivity contribution in [2.75, 3.05) is 6.54 Å². The maximum atomic E-state index is 12.3. The second-order valence-electron chi connectivity index (χ2n) is 6.31. The van der Waals surface area contributed by atoms with Gasteiger partial charge in [0.15, 0.2) is 0 Å². The Hall–Kier alpha value is -1.89. The number of nitrogens with zero attached hydrogens (tertiary/aromatic N) is 2. The minimum atomic E-state index is -0.0562. The Balaban J connectivity index is 1.84. The summed E-state index contributed by atoms with van der Waals surface area (Å²) in [6, 6.07) is 4.17. The van der Waals surface area contributed by atoms with Crippen molar-refractivity contribution < 1.29 is 9.32 Å².